The SMILES string of the molecule is c1ccc(-c2ccc3c(c2)c2cc4c(c(-c5ccccc5)c2c2cccc(-c5cccc6c5c5ccc(-c7ccccc7)cc5c5cc7c(c(-c8ccccc8)c56)-c5cccc6cccc-7c56)c32)-c2cccc3cccc-4c23)cc1. The van der Waals surface area contributed by atoms with E-state index in [0.29, 0.717) is 0 Å². The minimum Gasteiger partial charge on any atom is -0.0622 e. The first kappa shape index (κ1) is 43.7. The van der Waals surface area contributed by atoms with Crippen LogP contribution in [0.4, 0.5) is 0 Å². The topological polar surface area (TPSA) is 0 Å². The Bertz CT molecular complexity index is 5010. The normalized spacial score (nSPS) is 12.2. The Labute approximate surface area is 462 Å². The molecule has 2 aliphatic carbocycles. The molecule has 0 aromatic heterocycles. The summed E-state index contributed by atoms with van der Waals surface area (Å²) < 4.78 is 0. The highest BCUT2D eigenvalue weighted by Gasteiger charge is 2.31. The molecule has 0 saturated heterocycles. The van der Waals surface area contributed by atoms with Crippen molar-refractivity contribution in [2.75, 3.05) is 0 Å². The summed E-state index contributed by atoms with van der Waals surface area (Å²) in [7, 11) is 0. The molecular weight excluding hydrogens is 961 g/mol. The van der Waals surface area contributed by atoms with Crippen LogP contribution in [0.5, 0.6) is 0 Å². The fourth-order valence-electron chi connectivity index (χ4n) is 14.8. The minimum atomic E-state index is 1.21. The Morgan fingerprint density at radius 2 is 0.475 bits per heavy atom. The molecule has 0 aliphatic heterocycles. The molecule has 18 rings (SSSR count). The first-order chi connectivity index (χ1) is 39.7. The van der Waals surface area contributed by atoms with Crippen LogP contribution in [-0.2, 0) is 0 Å². The Morgan fingerprint density at radius 1 is 0.138 bits per heavy atom. The van der Waals surface area contributed by atoms with Gasteiger partial charge in [-0.2, -0.15) is 0 Å². The Kier molecular flexibility index (Phi) is 9.04. The van der Waals surface area contributed by atoms with Crippen molar-refractivity contribution in [2.45, 2.75) is 0 Å². The van der Waals surface area contributed by atoms with Crippen LogP contribution in [0.1, 0.15) is 0 Å². The zero-order valence-electron chi connectivity index (χ0n) is 43.6. The van der Waals surface area contributed by atoms with E-state index in [4.69, 9.17) is 0 Å². The highest BCUT2D eigenvalue weighted by molar-refractivity contribution is 6.39. The fourth-order valence-corrected chi connectivity index (χ4v) is 14.8. The van der Waals surface area contributed by atoms with Gasteiger partial charge in [0.25, 0.3) is 0 Å². The van der Waals surface area contributed by atoms with Gasteiger partial charge in [0, 0.05) is 0 Å². The van der Waals surface area contributed by atoms with Crippen molar-refractivity contribution in [3.63, 3.8) is 0 Å². The van der Waals surface area contributed by atoms with Crippen molar-refractivity contribution < 1.29 is 0 Å². The molecule has 80 heavy (non-hydrogen) atoms. The molecule has 0 N–H and O–H groups in total. The molecule has 0 nitrogen and oxygen atoms in total. The van der Waals surface area contributed by atoms with Gasteiger partial charge in [-0.25, -0.2) is 0 Å². The molecule has 366 valence electrons. The predicted octanol–water partition coefficient (Wildman–Crippen LogP) is 22.5. The molecule has 16 aromatic carbocycles. The number of rotatable bonds is 5. The van der Waals surface area contributed by atoms with E-state index in [-0.39, 0.29) is 0 Å². The van der Waals surface area contributed by atoms with E-state index in [9.17, 15) is 0 Å². The second-order valence-electron chi connectivity index (χ2n) is 22.1. The van der Waals surface area contributed by atoms with E-state index in [0.717, 1.165) is 0 Å². The molecule has 2 aliphatic rings. The molecular formula is C80H46. The number of hydrogen-bond donors (Lipinski definition) is 0. The quantitative estimate of drug-likeness (QED) is 0.151. The standard InChI is InChI=1S/C80H46/c1-5-19-47(20-6-1)53-39-41-59-65(43-53)69-45-67-57-31-13-27-49-29-15-35-61(71(49)57)77(67)73(51-23-9-3-10-24-51)79(69)63-37-17-33-55(75(59)63)56-34-18-38-64-76(56)60-42-40-54(48-21-7-2-8-22-48)44-66(60)70-46-68-58-32-14-28-50-30-16-36-62(72(50)58)78(68)74(80(64)70)52-25-11-4-12-26-52/h1-46H. The summed E-state index contributed by atoms with van der Waals surface area (Å²) in [6, 6.07) is 106. The van der Waals surface area contributed by atoms with Crippen molar-refractivity contribution in [1.29, 1.82) is 0 Å². The second kappa shape index (κ2) is 16.6. The Hall–Kier alpha value is -10.4. The first-order valence-electron chi connectivity index (χ1n) is 28.0. The molecule has 0 unspecified atom stereocenters. The van der Waals surface area contributed by atoms with Crippen LogP contribution < -0.4 is 0 Å². The summed E-state index contributed by atoms with van der Waals surface area (Å²) in [6.45, 7) is 0. The van der Waals surface area contributed by atoms with Crippen LogP contribution in [0.2, 0.25) is 0 Å². The smallest absolute Gasteiger partial charge is 0.00134 e. The van der Waals surface area contributed by atoms with E-state index in [2.05, 4.69) is 279 Å². The van der Waals surface area contributed by atoms with Gasteiger partial charge >= 0.3 is 0 Å². The maximum absolute atomic E-state index is 2.54. The first-order valence-corrected chi connectivity index (χ1v) is 28.0. The lowest BCUT2D eigenvalue weighted by Crippen LogP contribution is -1.95. The van der Waals surface area contributed by atoms with Crippen LogP contribution in [0.3, 0.4) is 0 Å². The lowest BCUT2D eigenvalue weighted by Gasteiger charge is -2.23. The van der Waals surface area contributed by atoms with Gasteiger partial charge in [0.05, 0.1) is 0 Å². The molecule has 0 saturated carbocycles. The molecule has 0 heteroatoms. The van der Waals surface area contributed by atoms with Crippen molar-refractivity contribution in [1.82, 2.24) is 0 Å². The summed E-state index contributed by atoms with van der Waals surface area (Å²) in [6.07, 6.45) is 0. The predicted molar refractivity (Wildman–Crippen MR) is 343 cm³/mol. The third-order valence-electron chi connectivity index (χ3n) is 18.0. The largest absolute Gasteiger partial charge is 0.0622 e. The zero-order chi connectivity index (χ0) is 52.2. The lowest BCUT2D eigenvalue weighted by atomic mass is 9.80. The average Bonchev–Trinajstić information content (AvgIpc) is 3.79. The van der Waals surface area contributed by atoms with Crippen molar-refractivity contribution in [3.05, 3.63) is 279 Å². The van der Waals surface area contributed by atoms with Crippen molar-refractivity contribution in [2.24, 2.45) is 0 Å². The van der Waals surface area contributed by atoms with Crippen molar-refractivity contribution >= 4 is 86.2 Å². The van der Waals surface area contributed by atoms with E-state index >= 15 is 0 Å². The highest BCUT2D eigenvalue weighted by atomic mass is 14.3. The molecule has 0 heterocycles. The van der Waals surface area contributed by atoms with Crippen molar-refractivity contribution in [3.8, 4) is 100 Å². The van der Waals surface area contributed by atoms with E-state index < -0.39 is 0 Å². The van der Waals surface area contributed by atoms with Gasteiger partial charge in [-0.05, 0) is 211 Å². The summed E-state index contributed by atoms with van der Waals surface area (Å²) in [4.78, 5) is 0. The molecule has 0 bridgehead atoms. The third-order valence-corrected chi connectivity index (χ3v) is 18.0. The summed E-state index contributed by atoms with van der Waals surface area (Å²) >= 11 is 0. The number of benzene rings is 16. The third kappa shape index (κ3) is 6.00. The minimum absolute atomic E-state index is 1.21. The van der Waals surface area contributed by atoms with Gasteiger partial charge in [-0.1, -0.05) is 255 Å². The van der Waals surface area contributed by atoms with Gasteiger partial charge in [0.2, 0.25) is 0 Å². The van der Waals surface area contributed by atoms with E-state index in [1.165, 1.54) is 186 Å². The highest BCUT2D eigenvalue weighted by Crippen LogP contribution is 2.59. The van der Waals surface area contributed by atoms with Crippen LogP contribution in [0.25, 0.3) is 186 Å². The molecule has 0 spiro atoms. The summed E-state index contributed by atoms with van der Waals surface area (Å²) in [5.74, 6) is 0. The number of hydrogen-bond acceptors (Lipinski definition) is 0. The molecule has 0 radical (unpaired) electrons. The monoisotopic (exact) mass is 1010 g/mol. The lowest BCUT2D eigenvalue weighted by molar-refractivity contribution is 1.64. The maximum Gasteiger partial charge on any atom is -0.00134 e. The van der Waals surface area contributed by atoms with Gasteiger partial charge in [0.1, 0.15) is 0 Å². The van der Waals surface area contributed by atoms with Gasteiger partial charge in [-0.15, -0.1) is 0 Å². The van der Waals surface area contributed by atoms with Gasteiger partial charge < -0.3 is 0 Å². The zero-order valence-corrected chi connectivity index (χ0v) is 43.6. The summed E-state index contributed by atoms with van der Waals surface area (Å²) in [5.41, 5.74) is 22.8. The van der Waals surface area contributed by atoms with E-state index in [1.807, 2.05) is 0 Å². The Balaban J connectivity index is 1.04. The Morgan fingerprint density at radius 3 is 0.863 bits per heavy atom. The van der Waals surface area contributed by atoms with E-state index in [1.54, 1.807) is 0 Å². The van der Waals surface area contributed by atoms with Crippen LogP contribution in [0.15, 0.2) is 279 Å². The molecule has 0 fully saturated rings. The van der Waals surface area contributed by atoms with Crippen LogP contribution in [-0.4, -0.2) is 0 Å². The number of fused-ring (bicyclic) bond motifs is 18. The van der Waals surface area contributed by atoms with Crippen LogP contribution in [0, 0.1) is 0 Å². The van der Waals surface area contributed by atoms with Gasteiger partial charge in [-0.3, -0.25) is 0 Å². The molecule has 0 amide bonds. The fraction of sp³-hybridized carbons (Fsp3) is 0. The molecule has 16 aromatic rings. The maximum atomic E-state index is 2.54. The van der Waals surface area contributed by atoms with Gasteiger partial charge in [0.15, 0.2) is 0 Å². The average molecular weight is 1010 g/mol. The summed E-state index contributed by atoms with van der Waals surface area (Å²) in [5, 5.41) is 20.4. The van der Waals surface area contributed by atoms with Crippen LogP contribution >= 0.6 is 0 Å². The molecule has 0 atom stereocenters. The second-order valence-corrected chi connectivity index (χ2v) is 22.1.